The maximum absolute atomic E-state index is 10.1. The van der Waals surface area contributed by atoms with Crippen LogP contribution in [-0.4, -0.2) is 14.1 Å². The topological polar surface area (TPSA) is 74.7 Å². The average molecular weight is 713 g/mol. The highest BCUT2D eigenvalue weighted by atomic mass is 15.0. The molecule has 0 spiro atoms. The van der Waals surface area contributed by atoms with Gasteiger partial charge in [-0.3, -0.25) is 4.98 Å². The van der Waals surface area contributed by atoms with Crippen LogP contribution in [0.25, 0.3) is 93.3 Å². The van der Waals surface area contributed by atoms with Crippen LogP contribution in [0, 0.1) is 29.2 Å². The number of pyridine rings is 1. The number of hydrogen-bond acceptors (Lipinski definition) is 3. The lowest BCUT2D eigenvalue weighted by atomic mass is 10.0. The third kappa shape index (κ3) is 5.20. The summed E-state index contributed by atoms with van der Waals surface area (Å²) in [6, 6.07) is 59.7. The van der Waals surface area contributed by atoms with E-state index in [2.05, 4.69) is 111 Å². The number of fused-ring (bicyclic) bond motifs is 6. The minimum atomic E-state index is 0.545. The highest BCUT2D eigenvalue weighted by molar-refractivity contribution is 6.12. The third-order valence-corrected chi connectivity index (χ3v) is 10.6. The number of nitrogens with zero attached hydrogens (tertiary/aromatic N) is 6. The van der Waals surface area contributed by atoms with E-state index >= 15 is 0 Å². The molecule has 7 aromatic carbocycles. The molecule has 0 saturated carbocycles. The van der Waals surface area contributed by atoms with Crippen molar-refractivity contribution in [2.45, 2.75) is 0 Å². The van der Waals surface area contributed by atoms with Gasteiger partial charge in [-0.25, -0.2) is 4.85 Å². The van der Waals surface area contributed by atoms with Gasteiger partial charge in [0.1, 0.15) is 0 Å². The molecule has 6 nitrogen and oxygen atoms in total. The van der Waals surface area contributed by atoms with Gasteiger partial charge in [-0.1, -0.05) is 78.9 Å². The Bertz CT molecular complexity index is 3360. The zero-order chi connectivity index (χ0) is 37.8. The number of benzene rings is 7. The Morgan fingerprint density at radius 2 is 1.07 bits per heavy atom. The van der Waals surface area contributed by atoms with Gasteiger partial charge < -0.3 is 9.13 Å². The van der Waals surface area contributed by atoms with Crippen LogP contribution in [0.1, 0.15) is 11.1 Å². The lowest BCUT2D eigenvalue weighted by molar-refractivity contribution is 1.14. The van der Waals surface area contributed by atoms with Gasteiger partial charge in [0.05, 0.1) is 63.3 Å². The second-order valence-electron chi connectivity index (χ2n) is 13.8. The molecule has 258 valence electrons. The summed E-state index contributed by atoms with van der Waals surface area (Å²) >= 11 is 0. The molecule has 10 aromatic rings. The summed E-state index contributed by atoms with van der Waals surface area (Å²) in [4.78, 5) is 8.58. The van der Waals surface area contributed by atoms with Crippen molar-refractivity contribution in [3.63, 3.8) is 0 Å². The number of aromatic nitrogens is 3. The van der Waals surface area contributed by atoms with Crippen molar-refractivity contribution >= 4 is 49.3 Å². The predicted molar refractivity (Wildman–Crippen MR) is 225 cm³/mol. The van der Waals surface area contributed by atoms with Gasteiger partial charge in [0.2, 0.25) is 0 Å². The van der Waals surface area contributed by atoms with Crippen LogP contribution >= 0.6 is 0 Å². The Balaban J connectivity index is 1.16. The second-order valence-corrected chi connectivity index (χ2v) is 13.8. The van der Waals surface area contributed by atoms with Crippen molar-refractivity contribution in [1.82, 2.24) is 14.1 Å². The summed E-state index contributed by atoms with van der Waals surface area (Å²) in [5.74, 6) is 0. The summed E-state index contributed by atoms with van der Waals surface area (Å²) < 4.78 is 4.53. The molecule has 0 amide bonds. The normalized spacial score (nSPS) is 11.2. The van der Waals surface area contributed by atoms with Crippen molar-refractivity contribution in [2.75, 3.05) is 0 Å². The molecule has 0 atom stereocenters. The number of para-hydroxylation sites is 2. The van der Waals surface area contributed by atoms with E-state index in [0.29, 0.717) is 16.8 Å². The summed E-state index contributed by atoms with van der Waals surface area (Å²) in [7, 11) is 0. The first-order valence-corrected chi connectivity index (χ1v) is 18.2. The third-order valence-electron chi connectivity index (χ3n) is 10.6. The van der Waals surface area contributed by atoms with Gasteiger partial charge in [-0.15, -0.1) is 0 Å². The molecule has 0 aliphatic carbocycles. The maximum Gasteiger partial charge on any atom is 0.187 e. The lowest BCUT2D eigenvalue weighted by Gasteiger charge is -2.15. The summed E-state index contributed by atoms with van der Waals surface area (Å²) in [5, 5.41) is 24.1. The predicted octanol–water partition coefficient (Wildman–Crippen LogP) is 12.6. The number of nitriles is 2. The Morgan fingerprint density at radius 3 is 1.77 bits per heavy atom. The Labute approximate surface area is 322 Å². The van der Waals surface area contributed by atoms with Crippen molar-refractivity contribution in [3.05, 3.63) is 193 Å². The van der Waals surface area contributed by atoms with Gasteiger partial charge in [-0.05, 0) is 107 Å². The molecular formula is C50H28N6. The zero-order valence-corrected chi connectivity index (χ0v) is 29.8. The van der Waals surface area contributed by atoms with Crippen LogP contribution < -0.4 is 0 Å². The molecule has 0 fully saturated rings. The van der Waals surface area contributed by atoms with E-state index in [1.807, 2.05) is 85.1 Å². The quantitative estimate of drug-likeness (QED) is 0.167. The lowest BCUT2D eigenvalue weighted by Crippen LogP contribution is -2.00. The molecule has 6 heteroatoms. The summed E-state index contributed by atoms with van der Waals surface area (Å²) in [6.45, 7) is 7.52. The maximum atomic E-state index is 10.1. The molecule has 0 N–H and O–H groups in total. The molecule has 56 heavy (non-hydrogen) atoms. The zero-order valence-electron chi connectivity index (χ0n) is 29.8. The van der Waals surface area contributed by atoms with Crippen LogP contribution in [0.3, 0.4) is 0 Å². The number of hydrogen-bond donors (Lipinski definition) is 0. The minimum Gasteiger partial charge on any atom is -0.309 e. The van der Waals surface area contributed by atoms with Gasteiger partial charge in [0.25, 0.3) is 0 Å². The van der Waals surface area contributed by atoms with Gasteiger partial charge in [0.15, 0.2) is 5.69 Å². The molecule has 0 aliphatic heterocycles. The molecule has 3 aromatic heterocycles. The largest absolute Gasteiger partial charge is 0.309 e. The van der Waals surface area contributed by atoms with E-state index in [9.17, 15) is 10.5 Å². The Kier molecular flexibility index (Phi) is 7.53. The molecule has 0 radical (unpaired) electrons. The van der Waals surface area contributed by atoms with Crippen LogP contribution in [0.2, 0.25) is 0 Å². The van der Waals surface area contributed by atoms with Crippen molar-refractivity contribution in [1.29, 1.82) is 10.5 Å². The standard InChI is InChI=1S/C50H28N6/c1-53-38-11-7-10-35(26-38)37-18-21-49-43(28-37)41-13-3-5-15-47(41)56(49)50-19-16-33(31-52)25-44(50)45-29-39(22-23-54-45)55-46-14-4-2-12-40(46)42-27-36(17-20-48(42)55)34-9-6-8-32(24-34)30-51/h2-29H. The summed E-state index contributed by atoms with van der Waals surface area (Å²) in [5.41, 5.74) is 13.5. The fraction of sp³-hybridized carbons (Fsp3) is 0. The molecule has 0 unspecified atom stereocenters. The van der Waals surface area contributed by atoms with Gasteiger partial charge >= 0.3 is 0 Å². The summed E-state index contributed by atoms with van der Waals surface area (Å²) in [6.07, 6.45) is 1.84. The fourth-order valence-electron chi connectivity index (χ4n) is 8.08. The van der Waals surface area contributed by atoms with Crippen molar-refractivity contribution in [3.8, 4) is 57.0 Å². The SMILES string of the molecule is [C-]#[N+]c1cccc(-c2ccc3c(c2)c2ccccc2n3-c2ccc(C#N)cc2-c2cc(-n3c4ccccc4c4cc(-c5cccc(C#N)c5)ccc43)ccn2)c1. The van der Waals surface area contributed by atoms with Gasteiger partial charge in [-0.2, -0.15) is 10.5 Å². The van der Waals surface area contributed by atoms with Crippen molar-refractivity contribution < 1.29 is 0 Å². The second kappa shape index (κ2) is 13.0. The van der Waals surface area contributed by atoms with E-state index in [1.165, 1.54) is 0 Å². The van der Waals surface area contributed by atoms with Crippen LogP contribution in [0.4, 0.5) is 5.69 Å². The molecule has 3 heterocycles. The average Bonchev–Trinajstić information content (AvgIpc) is 3.78. The highest BCUT2D eigenvalue weighted by Crippen LogP contribution is 2.40. The van der Waals surface area contributed by atoms with Crippen molar-refractivity contribution in [2.24, 2.45) is 0 Å². The van der Waals surface area contributed by atoms with E-state index < -0.39 is 0 Å². The Morgan fingerprint density at radius 1 is 0.482 bits per heavy atom. The van der Waals surface area contributed by atoms with E-state index in [4.69, 9.17) is 11.6 Å². The van der Waals surface area contributed by atoms with E-state index in [1.54, 1.807) is 0 Å². The van der Waals surface area contributed by atoms with Gasteiger partial charge in [0, 0.05) is 39.0 Å². The minimum absolute atomic E-state index is 0.545. The molecule has 0 aliphatic rings. The van der Waals surface area contributed by atoms with Crippen LogP contribution in [0.15, 0.2) is 170 Å². The Hall–Kier alpha value is -8.24. The fourth-order valence-corrected chi connectivity index (χ4v) is 8.08. The molecule has 10 rings (SSSR count). The number of rotatable bonds is 5. The molecule has 0 bridgehead atoms. The smallest absolute Gasteiger partial charge is 0.187 e. The molecular weight excluding hydrogens is 685 g/mol. The first-order valence-electron chi connectivity index (χ1n) is 18.2. The van der Waals surface area contributed by atoms with E-state index in [0.717, 1.165) is 88.5 Å². The first kappa shape index (κ1) is 32.4. The van der Waals surface area contributed by atoms with Crippen LogP contribution in [0.5, 0.6) is 0 Å². The first-order chi connectivity index (χ1) is 27.6. The monoisotopic (exact) mass is 712 g/mol. The molecule has 0 saturated heterocycles. The van der Waals surface area contributed by atoms with E-state index in [-0.39, 0.29) is 0 Å². The highest BCUT2D eigenvalue weighted by Gasteiger charge is 2.19. The van der Waals surface area contributed by atoms with Crippen LogP contribution in [-0.2, 0) is 0 Å².